The Hall–Kier alpha value is -1.83. The molecule has 0 aliphatic heterocycles. The maximum absolute atomic E-state index is 4.33. The van der Waals surface area contributed by atoms with Crippen molar-refractivity contribution in [2.24, 2.45) is 5.92 Å². The summed E-state index contributed by atoms with van der Waals surface area (Å²) in [6, 6.07) is 13.7. The van der Waals surface area contributed by atoms with E-state index in [4.69, 9.17) is 0 Å². The lowest BCUT2D eigenvalue weighted by molar-refractivity contribution is 0.320. The molecule has 1 heterocycles. The largest absolute Gasteiger partial charge is 0.381 e. The third kappa shape index (κ3) is 3.93. The molecule has 2 aromatic rings. The molecule has 2 nitrogen and oxygen atoms in total. The van der Waals surface area contributed by atoms with Gasteiger partial charge in [-0.15, -0.1) is 0 Å². The molecule has 122 valence electrons. The summed E-state index contributed by atoms with van der Waals surface area (Å²) in [5, 5.41) is 3.80. The summed E-state index contributed by atoms with van der Waals surface area (Å²) in [6.07, 6.45) is 7.64. The van der Waals surface area contributed by atoms with E-state index in [9.17, 15) is 0 Å². The zero-order valence-corrected chi connectivity index (χ0v) is 14.5. The van der Waals surface area contributed by atoms with Crippen molar-refractivity contribution in [1.82, 2.24) is 4.98 Å². The minimum absolute atomic E-state index is 0.520. The molecule has 23 heavy (non-hydrogen) atoms. The number of nitrogens with one attached hydrogen (secondary N) is 1. The first-order chi connectivity index (χ1) is 11.1. The van der Waals surface area contributed by atoms with Crippen molar-refractivity contribution in [3.05, 3.63) is 59.9 Å². The highest BCUT2D eigenvalue weighted by molar-refractivity contribution is 5.51. The van der Waals surface area contributed by atoms with Crippen molar-refractivity contribution in [2.45, 2.75) is 57.9 Å². The van der Waals surface area contributed by atoms with E-state index < -0.39 is 0 Å². The second-order valence-corrected chi connectivity index (χ2v) is 7.38. The second kappa shape index (κ2) is 7.16. The van der Waals surface area contributed by atoms with E-state index in [0.29, 0.717) is 17.9 Å². The highest BCUT2D eigenvalue weighted by atomic mass is 14.9. The summed E-state index contributed by atoms with van der Waals surface area (Å²) in [7, 11) is 0. The van der Waals surface area contributed by atoms with E-state index in [1.807, 2.05) is 12.4 Å². The molecule has 3 rings (SSSR count). The molecule has 1 aliphatic carbocycles. The van der Waals surface area contributed by atoms with Crippen molar-refractivity contribution in [1.29, 1.82) is 0 Å². The molecule has 1 aliphatic rings. The van der Waals surface area contributed by atoms with Gasteiger partial charge in [-0.1, -0.05) is 51.1 Å². The van der Waals surface area contributed by atoms with Crippen LogP contribution in [0.2, 0.25) is 0 Å². The number of benzene rings is 1. The minimum Gasteiger partial charge on any atom is -0.381 e. The Balaban J connectivity index is 1.75. The van der Waals surface area contributed by atoms with Crippen molar-refractivity contribution < 1.29 is 0 Å². The molecule has 0 saturated heterocycles. The van der Waals surface area contributed by atoms with Gasteiger partial charge in [0, 0.05) is 12.2 Å². The lowest BCUT2D eigenvalue weighted by Gasteiger charge is -2.35. The van der Waals surface area contributed by atoms with Crippen molar-refractivity contribution in [3.63, 3.8) is 0 Å². The molecule has 1 aromatic heterocycles. The van der Waals surface area contributed by atoms with Crippen LogP contribution in [0.5, 0.6) is 0 Å². The molecule has 1 aromatic carbocycles. The molecule has 1 fully saturated rings. The predicted octanol–water partition coefficient (Wildman–Crippen LogP) is 5.59. The van der Waals surface area contributed by atoms with Gasteiger partial charge >= 0.3 is 0 Å². The van der Waals surface area contributed by atoms with E-state index in [1.54, 1.807) is 0 Å². The van der Waals surface area contributed by atoms with Gasteiger partial charge in [0.15, 0.2) is 0 Å². The first kappa shape index (κ1) is 16.0. The highest BCUT2D eigenvalue weighted by Gasteiger charge is 2.28. The Morgan fingerprint density at radius 3 is 2.57 bits per heavy atom. The van der Waals surface area contributed by atoms with Gasteiger partial charge in [0.25, 0.3) is 0 Å². The molecule has 3 atom stereocenters. The van der Waals surface area contributed by atoms with Crippen LogP contribution in [0.25, 0.3) is 0 Å². The van der Waals surface area contributed by atoms with Crippen LogP contribution in [0.1, 0.15) is 63.0 Å². The zero-order chi connectivity index (χ0) is 16.2. The molecule has 0 radical (unpaired) electrons. The number of pyridine rings is 1. The van der Waals surface area contributed by atoms with Gasteiger partial charge in [0.1, 0.15) is 0 Å². The highest BCUT2D eigenvalue weighted by Crippen LogP contribution is 2.37. The van der Waals surface area contributed by atoms with Gasteiger partial charge in [0.05, 0.1) is 11.9 Å². The monoisotopic (exact) mass is 308 g/mol. The molecule has 1 saturated carbocycles. The first-order valence-corrected chi connectivity index (χ1v) is 8.89. The number of rotatable bonds is 4. The first-order valence-electron chi connectivity index (χ1n) is 8.89. The molecule has 0 spiro atoms. The van der Waals surface area contributed by atoms with Crippen molar-refractivity contribution >= 4 is 5.69 Å². The Morgan fingerprint density at radius 1 is 1.04 bits per heavy atom. The van der Waals surface area contributed by atoms with Crippen molar-refractivity contribution in [2.75, 3.05) is 5.32 Å². The van der Waals surface area contributed by atoms with Gasteiger partial charge in [-0.2, -0.15) is 0 Å². The van der Waals surface area contributed by atoms with Crippen LogP contribution in [0.4, 0.5) is 5.69 Å². The molecule has 2 heteroatoms. The topological polar surface area (TPSA) is 24.9 Å². The van der Waals surface area contributed by atoms with Crippen LogP contribution in [0.3, 0.4) is 0 Å². The molecule has 3 unspecified atom stereocenters. The average Bonchev–Trinajstić information content (AvgIpc) is 2.55. The van der Waals surface area contributed by atoms with Crippen LogP contribution >= 0.6 is 0 Å². The van der Waals surface area contributed by atoms with E-state index in [0.717, 1.165) is 5.92 Å². The normalized spacial score (nSPS) is 24.6. The maximum atomic E-state index is 4.33. The lowest BCUT2D eigenvalue weighted by Crippen LogP contribution is -2.30. The van der Waals surface area contributed by atoms with E-state index in [-0.39, 0.29) is 0 Å². The molecule has 0 bridgehead atoms. The second-order valence-electron chi connectivity index (χ2n) is 7.38. The van der Waals surface area contributed by atoms with Gasteiger partial charge < -0.3 is 5.32 Å². The van der Waals surface area contributed by atoms with Gasteiger partial charge in [-0.05, 0) is 54.2 Å². The summed E-state index contributed by atoms with van der Waals surface area (Å²) in [6.45, 7) is 6.88. The number of hydrogen-bond acceptors (Lipinski definition) is 2. The minimum atomic E-state index is 0.520. The molecule has 0 amide bonds. The number of aromatic nitrogens is 1. The Kier molecular flexibility index (Phi) is 5.00. The predicted molar refractivity (Wildman–Crippen MR) is 97.9 cm³/mol. The van der Waals surface area contributed by atoms with E-state index >= 15 is 0 Å². The summed E-state index contributed by atoms with van der Waals surface area (Å²) in [5.41, 5.74) is 4.07. The standard InChI is InChI=1S/C21H28N2/c1-15(2)20-9-10-22-14-21(20)23-19-12-16(3)11-18(13-19)17-7-5-4-6-8-17/h4-10,14-16,18-19,23H,11-13H2,1-3H3. The van der Waals surface area contributed by atoms with Crippen molar-refractivity contribution in [3.8, 4) is 0 Å². The maximum Gasteiger partial charge on any atom is 0.0564 e. The van der Waals surface area contributed by atoms with Gasteiger partial charge in [-0.3, -0.25) is 4.98 Å². The zero-order valence-electron chi connectivity index (χ0n) is 14.5. The number of nitrogens with zero attached hydrogens (tertiary/aromatic N) is 1. The SMILES string of the molecule is CC1CC(Nc2cnccc2C(C)C)CC(c2ccccc2)C1. The fourth-order valence-electron chi connectivity index (χ4n) is 3.97. The quantitative estimate of drug-likeness (QED) is 0.796. The Labute approximate surface area is 140 Å². The fraction of sp³-hybridized carbons (Fsp3) is 0.476. The summed E-state index contributed by atoms with van der Waals surface area (Å²) >= 11 is 0. The summed E-state index contributed by atoms with van der Waals surface area (Å²) < 4.78 is 0. The molecular formula is C21H28N2. The summed E-state index contributed by atoms with van der Waals surface area (Å²) in [5.74, 6) is 1.94. The molecular weight excluding hydrogens is 280 g/mol. The van der Waals surface area contributed by atoms with Crippen LogP contribution in [-0.2, 0) is 0 Å². The molecule has 1 N–H and O–H groups in total. The number of anilines is 1. The smallest absolute Gasteiger partial charge is 0.0564 e. The average molecular weight is 308 g/mol. The number of hydrogen-bond donors (Lipinski definition) is 1. The third-order valence-electron chi connectivity index (χ3n) is 5.05. The van der Waals surface area contributed by atoms with Gasteiger partial charge in [0.2, 0.25) is 0 Å². The van der Waals surface area contributed by atoms with Crippen LogP contribution in [-0.4, -0.2) is 11.0 Å². The lowest BCUT2D eigenvalue weighted by atomic mass is 9.76. The van der Waals surface area contributed by atoms with E-state index in [1.165, 1.54) is 36.1 Å². The van der Waals surface area contributed by atoms with E-state index in [2.05, 4.69) is 67.5 Å². The van der Waals surface area contributed by atoms with Crippen LogP contribution < -0.4 is 5.32 Å². The van der Waals surface area contributed by atoms with Gasteiger partial charge in [-0.25, -0.2) is 0 Å². The Bertz CT molecular complexity index is 621. The van der Waals surface area contributed by atoms with Crippen LogP contribution in [0, 0.1) is 5.92 Å². The fourth-order valence-corrected chi connectivity index (χ4v) is 3.97. The summed E-state index contributed by atoms with van der Waals surface area (Å²) in [4.78, 5) is 4.33. The van der Waals surface area contributed by atoms with Crippen LogP contribution in [0.15, 0.2) is 48.8 Å². The Morgan fingerprint density at radius 2 is 1.83 bits per heavy atom. The third-order valence-corrected chi connectivity index (χ3v) is 5.05.